The van der Waals surface area contributed by atoms with Gasteiger partial charge >= 0.3 is 0 Å². The van der Waals surface area contributed by atoms with Gasteiger partial charge in [-0.15, -0.1) is 0 Å². The second-order valence-electron chi connectivity index (χ2n) is 3.90. The second-order valence-corrected chi connectivity index (χ2v) is 3.90. The van der Waals surface area contributed by atoms with Crippen LogP contribution in [0.1, 0.15) is 31.2 Å². The molecule has 0 bridgehead atoms. The first-order chi connectivity index (χ1) is 6.38. The molecule has 0 spiro atoms. The first-order valence-corrected chi connectivity index (χ1v) is 5.16. The third-order valence-corrected chi connectivity index (χ3v) is 3.03. The van der Waals surface area contributed by atoms with Crippen molar-refractivity contribution in [2.45, 2.75) is 31.7 Å². The number of hydrogen-bond donors (Lipinski definition) is 1. The maximum atomic E-state index is 3.55. The molecule has 2 atom stereocenters. The molecule has 1 aliphatic heterocycles. The lowest BCUT2D eigenvalue weighted by Crippen LogP contribution is -2.27. The van der Waals surface area contributed by atoms with E-state index in [1.165, 1.54) is 24.9 Å². The summed E-state index contributed by atoms with van der Waals surface area (Å²) in [5.74, 6) is 0.656. The monoisotopic (exact) mass is 175 g/mol. The third kappa shape index (κ3) is 1.92. The van der Waals surface area contributed by atoms with E-state index in [0.717, 1.165) is 0 Å². The molecular weight excluding hydrogens is 158 g/mol. The quantitative estimate of drug-likeness (QED) is 0.728. The highest BCUT2D eigenvalue weighted by Crippen LogP contribution is 2.24. The molecule has 0 radical (unpaired) electrons. The van der Waals surface area contributed by atoms with Crippen molar-refractivity contribution in [2.24, 2.45) is 0 Å². The first kappa shape index (κ1) is 8.76. The average molecular weight is 175 g/mol. The topological polar surface area (TPSA) is 12.0 Å². The smallest absolute Gasteiger partial charge is 0.0134 e. The number of nitrogens with one attached hydrogen (secondary N) is 1. The largest absolute Gasteiger partial charge is 0.313 e. The van der Waals surface area contributed by atoms with E-state index >= 15 is 0 Å². The third-order valence-electron chi connectivity index (χ3n) is 3.03. The summed E-state index contributed by atoms with van der Waals surface area (Å²) in [6.07, 6.45) is 2.66. The van der Waals surface area contributed by atoms with Crippen LogP contribution in [0.2, 0.25) is 0 Å². The molecule has 0 unspecified atom stereocenters. The van der Waals surface area contributed by atoms with Crippen LogP contribution in [0.4, 0.5) is 0 Å². The SMILES string of the molecule is C[C@@H](c1ccccc1)[C@H]1CCCN1. The molecule has 2 rings (SSSR count). The van der Waals surface area contributed by atoms with Gasteiger partial charge in [-0.05, 0) is 30.9 Å². The number of benzene rings is 1. The van der Waals surface area contributed by atoms with E-state index in [1.807, 2.05) is 0 Å². The fourth-order valence-electron chi connectivity index (χ4n) is 2.13. The Kier molecular flexibility index (Phi) is 2.65. The van der Waals surface area contributed by atoms with Gasteiger partial charge in [-0.3, -0.25) is 0 Å². The Hall–Kier alpha value is -0.820. The number of hydrogen-bond acceptors (Lipinski definition) is 1. The minimum Gasteiger partial charge on any atom is -0.313 e. The minimum atomic E-state index is 0.656. The molecule has 1 heterocycles. The highest BCUT2D eigenvalue weighted by Gasteiger charge is 2.21. The number of rotatable bonds is 2. The van der Waals surface area contributed by atoms with E-state index in [4.69, 9.17) is 0 Å². The summed E-state index contributed by atoms with van der Waals surface area (Å²) in [7, 11) is 0. The predicted molar refractivity (Wildman–Crippen MR) is 55.9 cm³/mol. The van der Waals surface area contributed by atoms with Gasteiger partial charge in [0.15, 0.2) is 0 Å². The zero-order valence-corrected chi connectivity index (χ0v) is 8.16. The zero-order valence-electron chi connectivity index (χ0n) is 8.16. The fraction of sp³-hybridized carbons (Fsp3) is 0.500. The highest BCUT2D eigenvalue weighted by molar-refractivity contribution is 5.20. The van der Waals surface area contributed by atoms with Crippen molar-refractivity contribution in [3.05, 3.63) is 35.9 Å². The molecule has 1 heteroatoms. The molecule has 0 aliphatic carbocycles. The standard InChI is InChI=1S/C12H17N/c1-10(12-8-5-9-13-12)11-6-3-2-4-7-11/h2-4,6-7,10,12-13H,5,8-9H2,1H3/t10-,12+/m0/s1. The van der Waals surface area contributed by atoms with Crippen LogP contribution in [0.15, 0.2) is 30.3 Å². The van der Waals surface area contributed by atoms with Crippen molar-refractivity contribution in [3.8, 4) is 0 Å². The van der Waals surface area contributed by atoms with Crippen LogP contribution in [-0.4, -0.2) is 12.6 Å². The van der Waals surface area contributed by atoms with Gasteiger partial charge in [0.2, 0.25) is 0 Å². The highest BCUT2D eigenvalue weighted by atomic mass is 14.9. The van der Waals surface area contributed by atoms with E-state index in [1.54, 1.807) is 0 Å². The molecule has 13 heavy (non-hydrogen) atoms. The molecule has 70 valence electrons. The molecule has 1 nitrogen and oxygen atoms in total. The normalized spacial score (nSPS) is 24.5. The van der Waals surface area contributed by atoms with Crippen molar-refractivity contribution in [3.63, 3.8) is 0 Å². The molecule has 0 amide bonds. The van der Waals surface area contributed by atoms with Gasteiger partial charge in [-0.2, -0.15) is 0 Å². The van der Waals surface area contributed by atoms with Crippen LogP contribution >= 0.6 is 0 Å². The summed E-state index contributed by atoms with van der Waals surface area (Å²) < 4.78 is 0. The molecular formula is C12H17N. The zero-order chi connectivity index (χ0) is 9.10. The maximum Gasteiger partial charge on any atom is 0.0134 e. The molecule has 0 aromatic heterocycles. The van der Waals surface area contributed by atoms with Crippen molar-refractivity contribution in [2.75, 3.05) is 6.54 Å². The van der Waals surface area contributed by atoms with Gasteiger partial charge in [0, 0.05) is 6.04 Å². The van der Waals surface area contributed by atoms with Crippen molar-refractivity contribution in [1.82, 2.24) is 5.32 Å². The Morgan fingerprint density at radius 2 is 2.08 bits per heavy atom. The summed E-state index contributed by atoms with van der Waals surface area (Å²) >= 11 is 0. The molecule has 1 fully saturated rings. The van der Waals surface area contributed by atoms with Crippen LogP contribution in [0.5, 0.6) is 0 Å². The average Bonchev–Trinajstić information content (AvgIpc) is 2.71. The van der Waals surface area contributed by atoms with Crippen LogP contribution < -0.4 is 5.32 Å². The Bertz CT molecular complexity index is 249. The van der Waals surface area contributed by atoms with Gasteiger partial charge in [0.25, 0.3) is 0 Å². The van der Waals surface area contributed by atoms with E-state index in [-0.39, 0.29) is 0 Å². The van der Waals surface area contributed by atoms with E-state index in [0.29, 0.717) is 12.0 Å². The van der Waals surface area contributed by atoms with Gasteiger partial charge < -0.3 is 5.32 Å². The Morgan fingerprint density at radius 1 is 1.31 bits per heavy atom. The predicted octanol–water partition coefficient (Wildman–Crippen LogP) is 2.54. The maximum absolute atomic E-state index is 3.55. The van der Waals surface area contributed by atoms with Crippen LogP contribution in [0.3, 0.4) is 0 Å². The lowest BCUT2D eigenvalue weighted by atomic mass is 9.92. The van der Waals surface area contributed by atoms with Gasteiger partial charge in [0.05, 0.1) is 0 Å². The summed E-state index contributed by atoms with van der Waals surface area (Å²) in [6.45, 7) is 3.51. The molecule has 1 saturated heterocycles. The Balaban J connectivity index is 2.08. The molecule has 1 N–H and O–H groups in total. The van der Waals surface area contributed by atoms with Crippen LogP contribution in [-0.2, 0) is 0 Å². The summed E-state index contributed by atoms with van der Waals surface area (Å²) in [5, 5.41) is 3.55. The van der Waals surface area contributed by atoms with Gasteiger partial charge in [0.1, 0.15) is 0 Å². The van der Waals surface area contributed by atoms with E-state index in [2.05, 4.69) is 42.6 Å². The fourth-order valence-corrected chi connectivity index (χ4v) is 2.13. The van der Waals surface area contributed by atoms with Crippen molar-refractivity contribution < 1.29 is 0 Å². The van der Waals surface area contributed by atoms with Crippen molar-refractivity contribution >= 4 is 0 Å². The molecule has 1 aliphatic rings. The first-order valence-electron chi connectivity index (χ1n) is 5.16. The lowest BCUT2D eigenvalue weighted by molar-refractivity contribution is 0.517. The molecule has 1 aromatic carbocycles. The summed E-state index contributed by atoms with van der Waals surface area (Å²) in [4.78, 5) is 0. The van der Waals surface area contributed by atoms with Gasteiger partial charge in [-0.1, -0.05) is 37.3 Å². The molecule has 1 aromatic rings. The van der Waals surface area contributed by atoms with E-state index in [9.17, 15) is 0 Å². The Labute approximate surface area is 80.2 Å². The summed E-state index contributed by atoms with van der Waals surface area (Å²) in [5.41, 5.74) is 1.46. The van der Waals surface area contributed by atoms with Crippen LogP contribution in [0, 0.1) is 0 Å². The Morgan fingerprint density at radius 3 is 2.69 bits per heavy atom. The van der Waals surface area contributed by atoms with Gasteiger partial charge in [-0.25, -0.2) is 0 Å². The summed E-state index contributed by atoms with van der Waals surface area (Å²) in [6, 6.07) is 11.5. The minimum absolute atomic E-state index is 0.656. The van der Waals surface area contributed by atoms with E-state index < -0.39 is 0 Å². The van der Waals surface area contributed by atoms with Crippen LogP contribution in [0.25, 0.3) is 0 Å². The second kappa shape index (κ2) is 3.93. The molecule has 0 saturated carbocycles. The van der Waals surface area contributed by atoms with Crippen molar-refractivity contribution in [1.29, 1.82) is 0 Å². The lowest BCUT2D eigenvalue weighted by Gasteiger charge is -2.19.